The molecule has 0 aromatic rings. The Balaban J connectivity index is 1.47. The molecule has 2 N–H and O–H groups in total. The van der Waals surface area contributed by atoms with Crippen LogP contribution in [0.2, 0.25) is 0 Å². The molecule has 1 heterocycles. The smallest absolute Gasteiger partial charge is 0.0540 e. The van der Waals surface area contributed by atoms with Crippen LogP contribution in [0.5, 0.6) is 0 Å². The molecule has 0 bridgehead atoms. The Labute approximate surface area is 136 Å². The number of piperidine rings is 1. The first-order valence-electron chi connectivity index (χ1n) is 9.90. The molecule has 2 saturated carbocycles. The Hall–Kier alpha value is -0.120. The molecule has 3 fully saturated rings. The minimum Gasteiger partial charge on any atom is -0.393 e. The minimum absolute atomic E-state index is 0.0943. The topological polar surface area (TPSA) is 35.5 Å². The summed E-state index contributed by atoms with van der Waals surface area (Å²) in [7, 11) is 0. The number of likely N-dealkylation sites (tertiary alicyclic amines) is 1. The van der Waals surface area contributed by atoms with Crippen LogP contribution in [0.4, 0.5) is 0 Å². The molecular formula is C19H36N2O. The summed E-state index contributed by atoms with van der Waals surface area (Å²) in [5.74, 6) is 1.61. The van der Waals surface area contributed by atoms with Gasteiger partial charge in [-0.3, -0.25) is 4.90 Å². The highest BCUT2D eigenvalue weighted by atomic mass is 16.3. The molecule has 0 aromatic carbocycles. The zero-order chi connectivity index (χ0) is 15.4. The fourth-order valence-electron chi connectivity index (χ4n) is 4.57. The van der Waals surface area contributed by atoms with E-state index in [2.05, 4.69) is 17.1 Å². The molecular weight excluding hydrogens is 272 g/mol. The van der Waals surface area contributed by atoms with Crippen molar-refractivity contribution in [3.8, 4) is 0 Å². The molecule has 128 valence electrons. The molecule has 3 heteroatoms. The van der Waals surface area contributed by atoms with E-state index in [-0.39, 0.29) is 6.10 Å². The Bertz CT molecular complexity index is 325. The molecule has 0 amide bonds. The lowest BCUT2D eigenvalue weighted by Gasteiger charge is -2.39. The van der Waals surface area contributed by atoms with E-state index < -0.39 is 0 Å². The highest BCUT2D eigenvalue weighted by Gasteiger charge is 2.36. The summed E-state index contributed by atoms with van der Waals surface area (Å²) in [6, 6.07) is 1.52. The molecule has 0 aromatic heterocycles. The molecule has 0 radical (unpaired) electrons. The van der Waals surface area contributed by atoms with Gasteiger partial charge in [-0.2, -0.15) is 0 Å². The van der Waals surface area contributed by atoms with E-state index in [1.54, 1.807) is 0 Å². The molecule has 2 aliphatic carbocycles. The van der Waals surface area contributed by atoms with Gasteiger partial charge in [-0.1, -0.05) is 26.2 Å². The molecule has 1 aliphatic heterocycles. The Morgan fingerprint density at radius 2 is 1.82 bits per heavy atom. The maximum absolute atomic E-state index is 10.0. The third-order valence-electron chi connectivity index (χ3n) is 6.13. The largest absolute Gasteiger partial charge is 0.393 e. The lowest BCUT2D eigenvalue weighted by molar-refractivity contribution is 0.0788. The van der Waals surface area contributed by atoms with Gasteiger partial charge < -0.3 is 10.4 Å². The first kappa shape index (κ1) is 16.7. The quantitative estimate of drug-likeness (QED) is 0.758. The fourth-order valence-corrected chi connectivity index (χ4v) is 4.57. The normalized spacial score (nSPS) is 33.0. The van der Waals surface area contributed by atoms with Crippen LogP contribution in [0.1, 0.15) is 71.1 Å². The van der Waals surface area contributed by atoms with Crippen LogP contribution in [0.15, 0.2) is 0 Å². The molecule has 22 heavy (non-hydrogen) atoms. The van der Waals surface area contributed by atoms with E-state index >= 15 is 0 Å². The second-order valence-corrected chi connectivity index (χ2v) is 8.19. The van der Waals surface area contributed by atoms with Crippen molar-refractivity contribution in [2.75, 3.05) is 19.6 Å². The number of hydrogen-bond acceptors (Lipinski definition) is 3. The predicted octanol–water partition coefficient (Wildman–Crippen LogP) is 3.17. The van der Waals surface area contributed by atoms with Crippen molar-refractivity contribution in [3.05, 3.63) is 0 Å². The summed E-state index contributed by atoms with van der Waals surface area (Å²) in [6.45, 7) is 5.80. The van der Waals surface area contributed by atoms with E-state index in [0.29, 0.717) is 12.0 Å². The van der Waals surface area contributed by atoms with Crippen LogP contribution in [-0.4, -0.2) is 47.8 Å². The van der Waals surface area contributed by atoms with Crippen molar-refractivity contribution in [1.29, 1.82) is 0 Å². The fraction of sp³-hybridized carbons (Fsp3) is 1.00. The van der Waals surface area contributed by atoms with Crippen LogP contribution in [0.25, 0.3) is 0 Å². The van der Waals surface area contributed by atoms with Crippen LogP contribution in [0, 0.1) is 11.8 Å². The van der Waals surface area contributed by atoms with Crippen LogP contribution in [0.3, 0.4) is 0 Å². The molecule has 3 rings (SSSR count). The van der Waals surface area contributed by atoms with Gasteiger partial charge in [0.2, 0.25) is 0 Å². The molecule has 3 aliphatic rings. The second kappa shape index (κ2) is 8.12. The predicted molar refractivity (Wildman–Crippen MR) is 92.0 cm³/mol. The van der Waals surface area contributed by atoms with Gasteiger partial charge in [-0.05, 0) is 63.3 Å². The average molecular weight is 309 g/mol. The first-order valence-corrected chi connectivity index (χ1v) is 9.90. The first-order chi connectivity index (χ1) is 10.7. The number of aliphatic hydroxyl groups excluding tert-OH is 1. The summed E-state index contributed by atoms with van der Waals surface area (Å²) >= 11 is 0. The lowest BCUT2D eigenvalue weighted by Crippen LogP contribution is -2.51. The van der Waals surface area contributed by atoms with Gasteiger partial charge in [0, 0.05) is 25.2 Å². The van der Waals surface area contributed by atoms with Crippen molar-refractivity contribution in [2.45, 2.75) is 89.3 Å². The minimum atomic E-state index is -0.0943. The van der Waals surface area contributed by atoms with Crippen molar-refractivity contribution >= 4 is 0 Å². The van der Waals surface area contributed by atoms with E-state index in [1.807, 2.05) is 0 Å². The van der Waals surface area contributed by atoms with Crippen molar-refractivity contribution < 1.29 is 5.11 Å². The SMILES string of the molecule is CCC(O)CC1CC(NCC2CCCCC2)CN(C2CC2)C1. The number of nitrogens with zero attached hydrogens (tertiary/aromatic N) is 1. The number of rotatable bonds is 7. The van der Waals surface area contributed by atoms with Gasteiger partial charge in [-0.15, -0.1) is 0 Å². The van der Waals surface area contributed by atoms with Gasteiger partial charge in [0.1, 0.15) is 0 Å². The number of hydrogen-bond donors (Lipinski definition) is 2. The molecule has 3 unspecified atom stereocenters. The van der Waals surface area contributed by atoms with E-state index in [1.165, 1.54) is 71.0 Å². The van der Waals surface area contributed by atoms with Crippen molar-refractivity contribution in [1.82, 2.24) is 10.2 Å². The Morgan fingerprint density at radius 1 is 1.05 bits per heavy atom. The van der Waals surface area contributed by atoms with Gasteiger partial charge in [0.25, 0.3) is 0 Å². The maximum Gasteiger partial charge on any atom is 0.0540 e. The summed E-state index contributed by atoms with van der Waals surface area (Å²) < 4.78 is 0. The van der Waals surface area contributed by atoms with Crippen LogP contribution < -0.4 is 5.32 Å². The summed E-state index contributed by atoms with van der Waals surface area (Å²) in [5.41, 5.74) is 0. The van der Waals surface area contributed by atoms with Gasteiger partial charge in [-0.25, -0.2) is 0 Å². The second-order valence-electron chi connectivity index (χ2n) is 8.19. The standard InChI is InChI=1S/C19H36N2O/c1-2-19(22)11-16-10-17(14-21(13-16)18-8-9-18)20-12-15-6-4-3-5-7-15/h15-20,22H,2-14H2,1H3. The summed E-state index contributed by atoms with van der Waals surface area (Å²) in [6.07, 6.45) is 13.1. The van der Waals surface area contributed by atoms with Crippen LogP contribution >= 0.6 is 0 Å². The zero-order valence-electron chi connectivity index (χ0n) is 14.5. The van der Waals surface area contributed by atoms with Gasteiger partial charge in [0.05, 0.1) is 6.10 Å². The zero-order valence-corrected chi connectivity index (χ0v) is 14.5. The third-order valence-corrected chi connectivity index (χ3v) is 6.13. The van der Waals surface area contributed by atoms with Gasteiger partial charge >= 0.3 is 0 Å². The Morgan fingerprint density at radius 3 is 2.50 bits per heavy atom. The summed E-state index contributed by atoms with van der Waals surface area (Å²) in [5, 5.41) is 13.9. The number of nitrogens with one attached hydrogen (secondary N) is 1. The lowest BCUT2D eigenvalue weighted by atomic mass is 9.87. The molecule has 0 spiro atoms. The van der Waals surface area contributed by atoms with Crippen molar-refractivity contribution in [3.63, 3.8) is 0 Å². The molecule has 3 atom stereocenters. The highest BCUT2D eigenvalue weighted by molar-refractivity contribution is 4.93. The third kappa shape index (κ3) is 4.94. The van der Waals surface area contributed by atoms with E-state index in [9.17, 15) is 5.11 Å². The summed E-state index contributed by atoms with van der Waals surface area (Å²) in [4.78, 5) is 2.72. The van der Waals surface area contributed by atoms with E-state index in [0.717, 1.165) is 24.8 Å². The van der Waals surface area contributed by atoms with E-state index in [4.69, 9.17) is 0 Å². The van der Waals surface area contributed by atoms with Crippen molar-refractivity contribution in [2.24, 2.45) is 11.8 Å². The average Bonchev–Trinajstić information content (AvgIpc) is 3.38. The Kier molecular flexibility index (Phi) is 6.17. The monoisotopic (exact) mass is 308 g/mol. The van der Waals surface area contributed by atoms with Crippen LogP contribution in [-0.2, 0) is 0 Å². The molecule has 1 saturated heterocycles. The maximum atomic E-state index is 10.0. The number of aliphatic hydroxyl groups is 1. The highest BCUT2D eigenvalue weighted by Crippen LogP contribution is 2.33. The molecule has 3 nitrogen and oxygen atoms in total. The van der Waals surface area contributed by atoms with Gasteiger partial charge in [0.15, 0.2) is 0 Å².